The first-order chi connectivity index (χ1) is 9.74. The van der Waals surface area contributed by atoms with Gasteiger partial charge in [-0.15, -0.1) is 0 Å². The number of benzene rings is 1. The van der Waals surface area contributed by atoms with E-state index in [2.05, 4.69) is 43.4 Å². The molecule has 0 heterocycles. The van der Waals surface area contributed by atoms with Crippen molar-refractivity contribution < 1.29 is 4.74 Å². The van der Waals surface area contributed by atoms with Crippen molar-refractivity contribution in [3.05, 3.63) is 29.8 Å². The molecule has 1 unspecified atom stereocenters. The summed E-state index contributed by atoms with van der Waals surface area (Å²) >= 11 is 0. The van der Waals surface area contributed by atoms with Crippen LogP contribution in [0.15, 0.2) is 24.3 Å². The average Bonchev–Trinajstić information content (AvgIpc) is 2.53. The van der Waals surface area contributed by atoms with Crippen molar-refractivity contribution in [2.24, 2.45) is 5.92 Å². The second-order valence-corrected chi connectivity index (χ2v) is 6.09. The van der Waals surface area contributed by atoms with Crippen LogP contribution < -0.4 is 10.1 Å². The molecule has 1 aliphatic carbocycles. The van der Waals surface area contributed by atoms with E-state index in [1.165, 1.54) is 37.7 Å². The van der Waals surface area contributed by atoms with Gasteiger partial charge in [-0.25, -0.2) is 0 Å². The van der Waals surface area contributed by atoms with Crippen LogP contribution in [0.1, 0.15) is 64.0 Å². The molecule has 112 valence electrons. The van der Waals surface area contributed by atoms with Gasteiger partial charge in [-0.2, -0.15) is 0 Å². The fraction of sp³-hybridized carbons (Fsp3) is 0.667. The van der Waals surface area contributed by atoms with Crippen molar-refractivity contribution >= 4 is 0 Å². The lowest BCUT2D eigenvalue weighted by molar-refractivity contribution is 0.262. The van der Waals surface area contributed by atoms with Gasteiger partial charge in [0.25, 0.3) is 0 Å². The molecule has 0 aromatic heterocycles. The van der Waals surface area contributed by atoms with E-state index in [1.54, 1.807) is 7.11 Å². The van der Waals surface area contributed by atoms with E-state index in [4.69, 9.17) is 4.74 Å². The third-order valence-corrected chi connectivity index (χ3v) is 4.75. The molecule has 0 bridgehead atoms. The lowest BCUT2D eigenvalue weighted by atomic mass is 9.84. The van der Waals surface area contributed by atoms with E-state index in [0.717, 1.165) is 18.1 Å². The molecular weight excluding hydrogens is 246 g/mol. The van der Waals surface area contributed by atoms with Gasteiger partial charge in [0.2, 0.25) is 0 Å². The zero-order chi connectivity index (χ0) is 14.4. The Morgan fingerprint density at radius 2 is 1.80 bits per heavy atom. The first-order valence-electron chi connectivity index (χ1n) is 8.14. The second kappa shape index (κ2) is 7.68. The molecule has 2 heteroatoms. The van der Waals surface area contributed by atoms with E-state index in [1.807, 2.05) is 0 Å². The number of hydrogen-bond acceptors (Lipinski definition) is 2. The largest absolute Gasteiger partial charge is 0.497 e. The van der Waals surface area contributed by atoms with Gasteiger partial charge in [0.1, 0.15) is 5.75 Å². The zero-order valence-electron chi connectivity index (χ0n) is 13.2. The van der Waals surface area contributed by atoms with E-state index < -0.39 is 0 Å². The Balaban J connectivity index is 1.96. The minimum absolute atomic E-state index is 0.456. The number of ether oxygens (including phenoxy) is 1. The summed E-state index contributed by atoms with van der Waals surface area (Å²) < 4.78 is 5.24. The summed E-state index contributed by atoms with van der Waals surface area (Å²) in [6.45, 7) is 4.62. The van der Waals surface area contributed by atoms with Crippen LogP contribution in [-0.2, 0) is 0 Å². The summed E-state index contributed by atoms with van der Waals surface area (Å²) in [6.07, 6.45) is 8.18. The van der Waals surface area contributed by atoms with Crippen LogP contribution in [0.4, 0.5) is 0 Å². The van der Waals surface area contributed by atoms with Crippen molar-refractivity contribution in [3.63, 3.8) is 0 Å². The minimum atomic E-state index is 0.456. The predicted octanol–water partition coefficient (Wildman–Crippen LogP) is 4.70. The molecule has 1 saturated carbocycles. The molecule has 0 radical (unpaired) electrons. The Kier molecular flexibility index (Phi) is 5.90. The molecule has 2 rings (SSSR count). The van der Waals surface area contributed by atoms with Gasteiger partial charge in [0.05, 0.1) is 7.11 Å². The molecule has 0 amide bonds. The Morgan fingerprint density at radius 1 is 1.15 bits per heavy atom. The number of hydrogen-bond donors (Lipinski definition) is 1. The fourth-order valence-corrected chi connectivity index (χ4v) is 3.37. The maximum absolute atomic E-state index is 5.24. The standard InChI is InChI=1S/C18H29NO/c1-4-18(16-10-12-17(20-3)13-11-16)19-14(2)15-8-6-5-7-9-15/h10-15,18-19H,4-9H2,1-3H3/t14-,18?/m1/s1. The Bertz CT molecular complexity index is 381. The Morgan fingerprint density at radius 3 is 2.35 bits per heavy atom. The Hall–Kier alpha value is -1.02. The van der Waals surface area contributed by atoms with Gasteiger partial charge in [-0.3, -0.25) is 0 Å². The van der Waals surface area contributed by atoms with Crippen LogP contribution in [-0.4, -0.2) is 13.2 Å². The normalized spacial score (nSPS) is 19.6. The molecule has 0 saturated heterocycles. The summed E-state index contributed by atoms with van der Waals surface area (Å²) in [5.41, 5.74) is 1.37. The topological polar surface area (TPSA) is 21.3 Å². The molecular formula is C18H29NO. The van der Waals surface area contributed by atoms with Crippen molar-refractivity contribution in [2.45, 2.75) is 64.5 Å². The second-order valence-electron chi connectivity index (χ2n) is 6.09. The van der Waals surface area contributed by atoms with Crippen molar-refractivity contribution in [3.8, 4) is 5.75 Å². The van der Waals surface area contributed by atoms with Crippen LogP contribution >= 0.6 is 0 Å². The van der Waals surface area contributed by atoms with Gasteiger partial charge in [-0.1, -0.05) is 38.3 Å². The molecule has 0 aliphatic heterocycles. The van der Waals surface area contributed by atoms with Crippen LogP contribution in [0.5, 0.6) is 5.75 Å². The number of methoxy groups -OCH3 is 1. The van der Waals surface area contributed by atoms with Gasteiger partial charge < -0.3 is 10.1 Å². The Labute approximate surface area is 123 Å². The molecule has 1 aliphatic rings. The highest BCUT2D eigenvalue weighted by molar-refractivity contribution is 5.29. The minimum Gasteiger partial charge on any atom is -0.497 e. The highest BCUT2D eigenvalue weighted by atomic mass is 16.5. The summed E-state index contributed by atoms with van der Waals surface area (Å²) in [6, 6.07) is 9.57. The van der Waals surface area contributed by atoms with Crippen LogP contribution in [0.25, 0.3) is 0 Å². The van der Waals surface area contributed by atoms with Crippen molar-refractivity contribution in [1.82, 2.24) is 5.32 Å². The maximum Gasteiger partial charge on any atom is 0.118 e. The molecule has 1 fully saturated rings. The maximum atomic E-state index is 5.24. The lowest BCUT2D eigenvalue weighted by Crippen LogP contribution is -2.37. The fourth-order valence-electron chi connectivity index (χ4n) is 3.37. The summed E-state index contributed by atoms with van der Waals surface area (Å²) in [5, 5.41) is 3.85. The molecule has 1 aromatic rings. The monoisotopic (exact) mass is 275 g/mol. The smallest absolute Gasteiger partial charge is 0.118 e. The number of rotatable bonds is 6. The highest BCUT2D eigenvalue weighted by Gasteiger charge is 2.22. The third-order valence-electron chi connectivity index (χ3n) is 4.75. The predicted molar refractivity (Wildman–Crippen MR) is 85.2 cm³/mol. The SMILES string of the molecule is CCC(N[C@H](C)C1CCCCC1)c1ccc(OC)cc1. The van der Waals surface area contributed by atoms with Crippen LogP contribution in [0.2, 0.25) is 0 Å². The zero-order valence-corrected chi connectivity index (χ0v) is 13.2. The number of nitrogens with one attached hydrogen (secondary N) is 1. The van der Waals surface area contributed by atoms with Crippen molar-refractivity contribution in [2.75, 3.05) is 7.11 Å². The van der Waals surface area contributed by atoms with Gasteiger partial charge in [0, 0.05) is 12.1 Å². The molecule has 2 atom stereocenters. The summed E-state index contributed by atoms with van der Waals surface area (Å²) in [7, 11) is 1.72. The highest BCUT2D eigenvalue weighted by Crippen LogP contribution is 2.28. The first-order valence-corrected chi connectivity index (χ1v) is 8.14. The molecule has 1 aromatic carbocycles. The van der Waals surface area contributed by atoms with Gasteiger partial charge in [-0.05, 0) is 49.8 Å². The molecule has 0 spiro atoms. The molecule has 1 N–H and O–H groups in total. The molecule has 20 heavy (non-hydrogen) atoms. The molecule has 2 nitrogen and oxygen atoms in total. The van der Waals surface area contributed by atoms with Gasteiger partial charge in [0.15, 0.2) is 0 Å². The van der Waals surface area contributed by atoms with Crippen molar-refractivity contribution in [1.29, 1.82) is 0 Å². The van der Waals surface area contributed by atoms with E-state index in [0.29, 0.717) is 12.1 Å². The lowest BCUT2D eigenvalue weighted by Gasteiger charge is -2.31. The van der Waals surface area contributed by atoms with E-state index in [-0.39, 0.29) is 0 Å². The quantitative estimate of drug-likeness (QED) is 0.812. The van der Waals surface area contributed by atoms with Crippen LogP contribution in [0.3, 0.4) is 0 Å². The summed E-state index contributed by atoms with van der Waals surface area (Å²) in [5.74, 6) is 1.79. The van der Waals surface area contributed by atoms with Gasteiger partial charge >= 0.3 is 0 Å². The third kappa shape index (κ3) is 3.99. The summed E-state index contributed by atoms with van der Waals surface area (Å²) in [4.78, 5) is 0. The first kappa shape index (κ1) is 15.4. The average molecular weight is 275 g/mol. The van der Waals surface area contributed by atoms with E-state index in [9.17, 15) is 0 Å². The van der Waals surface area contributed by atoms with E-state index >= 15 is 0 Å². The van der Waals surface area contributed by atoms with Crippen LogP contribution in [0, 0.1) is 5.92 Å².